The van der Waals surface area contributed by atoms with Crippen LogP contribution in [0.2, 0.25) is 0 Å². The van der Waals surface area contributed by atoms with Crippen molar-refractivity contribution in [1.29, 1.82) is 0 Å². The van der Waals surface area contributed by atoms with Crippen molar-refractivity contribution in [3.63, 3.8) is 0 Å². The lowest BCUT2D eigenvalue weighted by Gasteiger charge is -2.10. The van der Waals surface area contributed by atoms with E-state index in [2.05, 4.69) is 4.99 Å². The van der Waals surface area contributed by atoms with Gasteiger partial charge in [-0.25, -0.2) is 4.99 Å². The Kier molecular flexibility index (Phi) is 3.41. The Morgan fingerprint density at radius 1 is 1.56 bits per heavy atom. The molecule has 0 aromatic heterocycles. The van der Waals surface area contributed by atoms with Gasteiger partial charge in [0, 0.05) is 5.56 Å². The maximum Gasteiger partial charge on any atom is 0.216 e. The summed E-state index contributed by atoms with van der Waals surface area (Å²) in [6.07, 6.45) is 0.975. The van der Waals surface area contributed by atoms with Gasteiger partial charge in [-0.15, -0.1) is 0 Å². The fourth-order valence-corrected chi connectivity index (χ4v) is 1.67. The monoisotopic (exact) mass is 220 g/mol. The first-order chi connectivity index (χ1) is 7.83. The van der Waals surface area contributed by atoms with E-state index in [-0.39, 0.29) is 6.10 Å². The lowest BCUT2D eigenvalue weighted by Crippen LogP contribution is -2.18. The number of nitrogens with zero attached hydrogens (tertiary/aromatic N) is 1. The highest BCUT2D eigenvalue weighted by molar-refractivity contribution is 5.95. The van der Waals surface area contributed by atoms with Crippen molar-refractivity contribution in [2.75, 3.05) is 20.2 Å². The SMILES string of the molecule is COc1cccc(C2=NCC(CCN)O2)c1. The Morgan fingerprint density at radius 2 is 2.44 bits per heavy atom. The minimum atomic E-state index is 0.131. The highest BCUT2D eigenvalue weighted by Gasteiger charge is 2.20. The molecule has 86 valence electrons. The molecule has 1 aromatic rings. The van der Waals surface area contributed by atoms with Crippen LogP contribution in [0.5, 0.6) is 5.75 Å². The smallest absolute Gasteiger partial charge is 0.216 e. The van der Waals surface area contributed by atoms with E-state index in [0.717, 1.165) is 17.7 Å². The van der Waals surface area contributed by atoms with Crippen LogP contribution >= 0.6 is 0 Å². The molecule has 0 aliphatic carbocycles. The third kappa shape index (κ3) is 2.33. The molecule has 1 aromatic carbocycles. The second-order valence-corrected chi connectivity index (χ2v) is 3.70. The van der Waals surface area contributed by atoms with E-state index in [9.17, 15) is 0 Å². The fourth-order valence-electron chi connectivity index (χ4n) is 1.67. The highest BCUT2D eigenvalue weighted by Crippen LogP contribution is 2.18. The number of hydrogen-bond acceptors (Lipinski definition) is 4. The normalized spacial score (nSPS) is 19.1. The minimum Gasteiger partial charge on any atom is -0.497 e. The summed E-state index contributed by atoms with van der Waals surface area (Å²) in [5.74, 6) is 1.50. The van der Waals surface area contributed by atoms with E-state index in [1.54, 1.807) is 7.11 Å². The molecule has 1 heterocycles. The summed E-state index contributed by atoms with van der Waals surface area (Å²) in [6, 6.07) is 7.71. The molecule has 0 saturated carbocycles. The molecule has 16 heavy (non-hydrogen) atoms. The maximum absolute atomic E-state index is 5.70. The molecule has 1 aliphatic heterocycles. The molecular weight excluding hydrogens is 204 g/mol. The second kappa shape index (κ2) is 4.99. The molecule has 4 nitrogen and oxygen atoms in total. The van der Waals surface area contributed by atoms with Crippen molar-refractivity contribution >= 4 is 5.90 Å². The summed E-state index contributed by atoms with van der Waals surface area (Å²) in [7, 11) is 1.65. The molecule has 0 amide bonds. The molecule has 1 aliphatic rings. The van der Waals surface area contributed by atoms with Gasteiger partial charge in [0.2, 0.25) is 5.90 Å². The van der Waals surface area contributed by atoms with E-state index in [1.807, 2.05) is 24.3 Å². The predicted octanol–water partition coefficient (Wildman–Crippen LogP) is 1.19. The lowest BCUT2D eigenvalue weighted by molar-refractivity contribution is 0.216. The number of aliphatic imine (C=N–C) groups is 1. The number of ether oxygens (including phenoxy) is 2. The topological polar surface area (TPSA) is 56.8 Å². The molecule has 0 fully saturated rings. The second-order valence-electron chi connectivity index (χ2n) is 3.70. The van der Waals surface area contributed by atoms with E-state index in [4.69, 9.17) is 15.2 Å². The van der Waals surface area contributed by atoms with Gasteiger partial charge in [0.1, 0.15) is 11.9 Å². The van der Waals surface area contributed by atoms with Gasteiger partial charge in [0.15, 0.2) is 0 Å². The first-order valence-corrected chi connectivity index (χ1v) is 5.39. The quantitative estimate of drug-likeness (QED) is 0.829. The van der Waals surface area contributed by atoms with Gasteiger partial charge in [-0.05, 0) is 31.2 Å². The molecule has 1 atom stereocenters. The van der Waals surface area contributed by atoms with Crippen LogP contribution in [-0.4, -0.2) is 32.2 Å². The predicted molar refractivity (Wildman–Crippen MR) is 62.9 cm³/mol. The average Bonchev–Trinajstić information content (AvgIpc) is 2.78. The summed E-state index contributed by atoms with van der Waals surface area (Å²) < 4.78 is 10.9. The van der Waals surface area contributed by atoms with Crippen molar-refractivity contribution in [1.82, 2.24) is 0 Å². The molecule has 0 radical (unpaired) electrons. The standard InChI is InChI=1S/C12H16N2O2/c1-15-10-4-2-3-9(7-10)12-14-8-11(16-12)5-6-13/h2-4,7,11H,5-6,8,13H2,1H3. The summed E-state index contributed by atoms with van der Waals surface area (Å²) in [5, 5.41) is 0. The first-order valence-electron chi connectivity index (χ1n) is 5.39. The average molecular weight is 220 g/mol. The zero-order chi connectivity index (χ0) is 11.4. The van der Waals surface area contributed by atoms with Gasteiger partial charge in [0.25, 0.3) is 0 Å². The van der Waals surface area contributed by atoms with Gasteiger partial charge < -0.3 is 15.2 Å². The summed E-state index contributed by atoms with van der Waals surface area (Å²) in [4.78, 5) is 4.36. The van der Waals surface area contributed by atoms with Crippen molar-refractivity contribution in [3.8, 4) is 5.75 Å². The highest BCUT2D eigenvalue weighted by atomic mass is 16.5. The van der Waals surface area contributed by atoms with Crippen LogP contribution in [0.15, 0.2) is 29.3 Å². The van der Waals surface area contributed by atoms with Gasteiger partial charge in [0.05, 0.1) is 13.7 Å². The number of benzene rings is 1. The Hall–Kier alpha value is -1.55. The van der Waals surface area contributed by atoms with Gasteiger partial charge >= 0.3 is 0 Å². The van der Waals surface area contributed by atoms with Crippen LogP contribution in [-0.2, 0) is 4.74 Å². The van der Waals surface area contributed by atoms with E-state index in [1.165, 1.54) is 0 Å². The maximum atomic E-state index is 5.70. The van der Waals surface area contributed by atoms with Gasteiger partial charge in [-0.1, -0.05) is 6.07 Å². The summed E-state index contributed by atoms with van der Waals surface area (Å²) in [6.45, 7) is 1.33. The lowest BCUT2D eigenvalue weighted by atomic mass is 10.2. The van der Waals surface area contributed by atoms with Crippen molar-refractivity contribution in [3.05, 3.63) is 29.8 Å². The third-order valence-corrected chi connectivity index (χ3v) is 2.52. The minimum absolute atomic E-state index is 0.131. The van der Waals surface area contributed by atoms with Crippen LogP contribution in [0, 0.1) is 0 Å². The van der Waals surface area contributed by atoms with E-state index >= 15 is 0 Å². The van der Waals surface area contributed by atoms with Crippen LogP contribution in [0.3, 0.4) is 0 Å². The molecule has 1 unspecified atom stereocenters. The Balaban J connectivity index is 2.08. The zero-order valence-corrected chi connectivity index (χ0v) is 9.35. The fraction of sp³-hybridized carbons (Fsp3) is 0.417. The van der Waals surface area contributed by atoms with E-state index in [0.29, 0.717) is 19.0 Å². The Labute approximate surface area is 95.1 Å². The summed E-state index contributed by atoms with van der Waals surface area (Å²) >= 11 is 0. The first kappa shape index (κ1) is 11.0. The summed E-state index contributed by atoms with van der Waals surface area (Å²) in [5.41, 5.74) is 6.44. The molecule has 0 saturated heterocycles. The number of methoxy groups -OCH3 is 1. The molecular formula is C12H16N2O2. The van der Waals surface area contributed by atoms with E-state index < -0.39 is 0 Å². The number of hydrogen-bond donors (Lipinski definition) is 1. The number of rotatable bonds is 4. The van der Waals surface area contributed by atoms with Crippen LogP contribution in [0.25, 0.3) is 0 Å². The Bertz CT molecular complexity index is 390. The largest absolute Gasteiger partial charge is 0.497 e. The Morgan fingerprint density at radius 3 is 3.19 bits per heavy atom. The molecule has 0 bridgehead atoms. The van der Waals surface area contributed by atoms with Crippen LogP contribution in [0.1, 0.15) is 12.0 Å². The molecule has 0 spiro atoms. The zero-order valence-electron chi connectivity index (χ0n) is 9.35. The van der Waals surface area contributed by atoms with Crippen molar-refractivity contribution in [2.45, 2.75) is 12.5 Å². The third-order valence-electron chi connectivity index (χ3n) is 2.52. The van der Waals surface area contributed by atoms with Gasteiger partial charge in [-0.3, -0.25) is 0 Å². The molecule has 4 heteroatoms. The molecule has 2 N–H and O–H groups in total. The number of nitrogens with two attached hydrogens (primary N) is 1. The van der Waals surface area contributed by atoms with Gasteiger partial charge in [-0.2, -0.15) is 0 Å². The van der Waals surface area contributed by atoms with Crippen LogP contribution < -0.4 is 10.5 Å². The molecule has 2 rings (SSSR count). The van der Waals surface area contributed by atoms with Crippen LogP contribution in [0.4, 0.5) is 0 Å². The van der Waals surface area contributed by atoms with Crippen molar-refractivity contribution < 1.29 is 9.47 Å². The van der Waals surface area contributed by atoms with Crippen molar-refractivity contribution in [2.24, 2.45) is 10.7 Å².